The van der Waals surface area contributed by atoms with Crippen molar-refractivity contribution in [2.75, 3.05) is 9.80 Å². The molecule has 0 atom stereocenters. The lowest BCUT2D eigenvalue weighted by atomic mass is 10.0. The van der Waals surface area contributed by atoms with Crippen LogP contribution in [0.1, 0.15) is 66.0 Å². The Morgan fingerprint density at radius 1 is 0.571 bits per heavy atom. The highest BCUT2D eigenvalue weighted by Crippen LogP contribution is 2.36. The molecule has 28 heavy (non-hydrogen) atoms. The molecule has 0 aromatic heterocycles. The van der Waals surface area contributed by atoms with Gasteiger partial charge in [0.25, 0.3) is 0 Å². The topological polar surface area (TPSA) is 6.48 Å². The van der Waals surface area contributed by atoms with E-state index in [-0.39, 0.29) is 6.17 Å². The fraction of sp³-hybridized carbons (Fsp3) is 0.462. The molecule has 4 rings (SSSR count). The van der Waals surface area contributed by atoms with E-state index in [9.17, 15) is 0 Å². The molecule has 0 N–H and O–H groups in total. The van der Waals surface area contributed by atoms with Crippen LogP contribution in [0.5, 0.6) is 0 Å². The zero-order valence-corrected chi connectivity index (χ0v) is 18.8. The molecule has 1 aliphatic heterocycles. The molecule has 1 heterocycles. The number of hydrogen-bond acceptors (Lipinski definition) is 2. The van der Waals surface area contributed by atoms with Crippen molar-refractivity contribution < 1.29 is 0 Å². The Morgan fingerprint density at radius 3 is 1.11 bits per heavy atom. The number of aryl methyl sites for hydroxylation is 6. The highest BCUT2D eigenvalue weighted by molar-refractivity contribution is 5.70. The lowest BCUT2D eigenvalue weighted by Crippen LogP contribution is -2.37. The van der Waals surface area contributed by atoms with Crippen molar-refractivity contribution in [1.29, 1.82) is 0 Å². The van der Waals surface area contributed by atoms with Crippen LogP contribution < -0.4 is 9.80 Å². The fourth-order valence-corrected chi connectivity index (χ4v) is 4.46. The van der Waals surface area contributed by atoms with Gasteiger partial charge in [-0.1, -0.05) is 61.1 Å². The van der Waals surface area contributed by atoms with E-state index in [4.69, 9.17) is 0 Å². The Bertz CT molecular complexity index is 756. The van der Waals surface area contributed by atoms with Crippen molar-refractivity contribution in [2.24, 2.45) is 0 Å². The average molecular weight is 377 g/mol. The molecular weight excluding hydrogens is 340 g/mol. The summed E-state index contributed by atoms with van der Waals surface area (Å²) < 4.78 is 0. The van der Waals surface area contributed by atoms with Crippen LogP contribution in [-0.4, -0.2) is 6.17 Å². The Labute approximate surface area is 171 Å². The Hall–Kier alpha value is -2.22. The van der Waals surface area contributed by atoms with Crippen LogP contribution in [0.15, 0.2) is 36.7 Å². The minimum absolute atomic E-state index is 0.269. The monoisotopic (exact) mass is 376 g/mol. The van der Waals surface area contributed by atoms with Crippen LogP contribution in [-0.2, 0) is 0 Å². The van der Waals surface area contributed by atoms with Gasteiger partial charge in [0.15, 0.2) is 0 Å². The Balaban J connectivity index is 0.000000500. The molecule has 0 unspecified atom stereocenters. The number of nitrogens with zero attached hydrogens (tertiary/aromatic N) is 2. The summed E-state index contributed by atoms with van der Waals surface area (Å²) in [7, 11) is 0. The summed E-state index contributed by atoms with van der Waals surface area (Å²) in [5, 5.41) is 0. The van der Waals surface area contributed by atoms with Crippen molar-refractivity contribution in [3.63, 3.8) is 0 Å². The Kier molecular flexibility index (Phi) is 6.17. The molecule has 0 amide bonds. The first-order valence-electron chi connectivity index (χ1n) is 10.7. The van der Waals surface area contributed by atoms with Gasteiger partial charge in [0.05, 0.1) is 0 Å². The van der Waals surface area contributed by atoms with Crippen LogP contribution in [0.3, 0.4) is 0 Å². The van der Waals surface area contributed by atoms with Crippen molar-refractivity contribution in [3.8, 4) is 0 Å². The predicted octanol–water partition coefficient (Wildman–Crippen LogP) is 7.24. The van der Waals surface area contributed by atoms with E-state index in [1.807, 2.05) is 0 Å². The van der Waals surface area contributed by atoms with E-state index in [1.54, 1.807) is 0 Å². The molecule has 1 saturated carbocycles. The third-order valence-electron chi connectivity index (χ3n) is 5.98. The molecule has 2 aliphatic rings. The minimum atomic E-state index is 0.269. The highest BCUT2D eigenvalue weighted by Gasteiger charge is 2.28. The van der Waals surface area contributed by atoms with Crippen LogP contribution in [0, 0.1) is 41.5 Å². The number of hydrogen-bond donors (Lipinski definition) is 0. The summed E-state index contributed by atoms with van der Waals surface area (Å²) in [4.78, 5) is 4.78. The highest BCUT2D eigenvalue weighted by atomic mass is 15.4. The lowest BCUT2D eigenvalue weighted by molar-refractivity contribution is 0.504. The zero-order valence-electron chi connectivity index (χ0n) is 18.8. The van der Waals surface area contributed by atoms with Gasteiger partial charge in [-0.2, -0.15) is 0 Å². The first-order chi connectivity index (χ1) is 13.3. The number of rotatable bonds is 2. The second-order valence-electron chi connectivity index (χ2n) is 8.65. The molecule has 2 aromatic carbocycles. The molecule has 1 fully saturated rings. The fourth-order valence-electron chi connectivity index (χ4n) is 4.46. The Morgan fingerprint density at radius 2 is 0.857 bits per heavy atom. The van der Waals surface area contributed by atoms with Gasteiger partial charge in [0.2, 0.25) is 0 Å². The summed E-state index contributed by atoms with van der Waals surface area (Å²) in [6.45, 7) is 15.4. The molecule has 0 spiro atoms. The molecular formula is C26H36N2. The molecule has 0 radical (unpaired) electrons. The van der Waals surface area contributed by atoms with E-state index in [0.29, 0.717) is 0 Å². The largest absolute Gasteiger partial charge is 0.325 e. The van der Waals surface area contributed by atoms with Gasteiger partial charge in [-0.05, 0) is 70.7 Å². The first-order valence-corrected chi connectivity index (χ1v) is 10.7. The van der Waals surface area contributed by atoms with Gasteiger partial charge in [0, 0.05) is 23.8 Å². The van der Waals surface area contributed by atoms with E-state index in [0.717, 1.165) is 0 Å². The van der Waals surface area contributed by atoms with Gasteiger partial charge < -0.3 is 9.80 Å². The van der Waals surface area contributed by atoms with Crippen molar-refractivity contribution in [3.05, 3.63) is 70.0 Å². The second kappa shape index (κ2) is 8.43. The number of anilines is 2. The summed E-state index contributed by atoms with van der Waals surface area (Å²) >= 11 is 0. The molecule has 0 bridgehead atoms. The summed E-state index contributed by atoms with van der Waals surface area (Å²) in [5.74, 6) is 0. The maximum absolute atomic E-state index is 2.39. The first kappa shape index (κ1) is 20.5. The molecule has 1 aliphatic carbocycles. The summed E-state index contributed by atoms with van der Waals surface area (Å²) in [5.41, 5.74) is 10.7. The predicted molar refractivity (Wildman–Crippen MR) is 123 cm³/mol. The average Bonchev–Trinajstić information content (AvgIpc) is 2.86. The molecule has 150 valence electrons. The summed E-state index contributed by atoms with van der Waals surface area (Å²) in [6.07, 6.45) is 10.7. The standard InChI is InChI=1S/C22H28N2.C4H8/c1-14-10-16(3)21(17(4)11-14)23-8-9-24(20(23)7)22-18(5)12-15(2)13-19(22)6;1-2-4-3-1/h8-13,20H,1-7H3;1-4H2. The molecule has 2 nitrogen and oxygen atoms in total. The van der Waals surface area contributed by atoms with Gasteiger partial charge >= 0.3 is 0 Å². The quantitative estimate of drug-likeness (QED) is 0.545. The minimum Gasteiger partial charge on any atom is -0.325 e. The van der Waals surface area contributed by atoms with Gasteiger partial charge in [-0.25, -0.2) is 0 Å². The smallest absolute Gasteiger partial charge is 0.107 e. The van der Waals surface area contributed by atoms with E-state index >= 15 is 0 Å². The maximum Gasteiger partial charge on any atom is 0.107 e. The normalized spacial score (nSPS) is 16.1. The van der Waals surface area contributed by atoms with Crippen molar-refractivity contribution in [2.45, 2.75) is 80.3 Å². The third-order valence-corrected chi connectivity index (χ3v) is 5.98. The molecule has 0 saturated heterocycles. The van der Waals surface area contributed by atoms with Crippen LogP contribution in [0.4, 0.5) is 11.4 Å². The van der Waals surface area contributed by atoms with Crippen LogP contribution >= 0.6 is 0 Å². The van der Waals surface area contributed by atoms with Gasteiger partial charge in [-0.3, -0.25) is 0 Å². The maximum atomic E-state index is 2.39. The third kappa shape index (κ3) is 4.11. The molecule has 2 aromatic rings. The van der Waals surface area contributed by atoms with Crippen molar-refractivity contribution >= 4 is 11.4 Å². The van der Waals surface area contributed by atoms with Gasteiger partial charge in [-0.15, -0.1) is 0 Å². The summed E-state index contributed by atoms with van der Waals surface area (Å²) in [6, 6.07) is 9.09. The van der Waals surface area contributed by atoms with Crippen LogP contribution in [0.25, 0.3) is 0 Å². The second-order valence-corrected chi connectivity index (χ2v) is 8.65. The number of benzene rings is 2. The van der Waals surface area contributed by atoms with Crippen molar-refractivity contribution in [1.82, 2.24) is 0 Å². The van der Waals surface area contributed by atoms with Gasteiger partial charge in [0.1, 0.15) is 6.17 Å². The van der Waals surface area contributed by atoms with Crippen LogP contribution in [0.2, 0.25) is 0 Å². The molecule has 2 heteroatoms. The lowest BCUT2D eigenvalue weighted by Gasteiger charge is -2.33. The van der Waals surface area contributed by atoms with E-state index in [2.05, 4.69) is 94.9 Å². The van der Waals surface area contributed by atoms with E-state index < -0.39 is 0 Å². The zero-order chi connectivity index (χ0) is 20.4. The SMILES string of the molecule is C1CCC1.Cc1cc(C)c(N2C=CN(c3c(C)cc(C)cc3C)C2C)c(C)c1. The van der Waals surface area contributed by atoms with E-state index in [1.165, 1.54) is 70.4 Å².